The van der Waals surface area contributed by atoms with Gasteiger partial charge in [0.05, 0.1) is 40.0 Å². The predicted octanol–water partition coefficient (Wildman–Crippen LogP) is 8.99. The molecule has 0 aromatic rings. The highest BCUT2D eigenvalue weighted by atomic mass is 31.2. The maximum Gasteiger partial charge on any atom is 0.268 e. The number of unbranched alkanes of at least 4 members (excludes halogenated alkanes) is 16. The molecule has 0 saturated carbocycles. The minimum Gasteiger partial charge on any atom is -0.756 e. The zero-order chi connectivity index (χ0) is 31.6. The van der Waals surface area contributed by atoms with Crippen molar-refractivity contribution in [2.75, 3.05) is 54.1 Å². The fraction of sp³-hybridized carbons (Fsp3) is 0.941. The molecule has 0 spiro atoms. The van der Waals surface area contributed by atoms with Crippen molar-refractivity contribution >= 4 is 7.82 Å². The normalized spacial score (nSPS) is 15.0. The minimum absolute atomic E-state index is 0.0859. The summed E-state index contributed by atoms with van der Waals surface area (Å²) >= 11 is 0. The van der Waals surface area contributed by atoms with Gasteiger partial charge in [0, 0.05) is 6.61 Å². The third-order valence-electron chi connectivity index (χ3n) is 7.05. The summed E-state index contributed by atoms with van der Waals surface area (Å²) in [5.74, 6) is 0. The van der Waals surface area contributed by atoms with Crippen molar-refractivity contribution < 1.29 is 32.5 Å². The largest absolute Gasteiger partial charge is 0.756 e. The van der Waals surface area contributed by atoms with Gasteiger partial charge in [-0.2, -0.15) is 0 Å². The van der Waals surface area contributed by atoms with E-state index in [2.05, 4.69) is 19.1 Å². The monoisotopic (exact) mass is 619 g/mol. The molecular formula is C34H70NO6P. The topological polar surface area (TPSA) is 77.1 Å². The quantitative estimate of drug-likeness (QED) is 0.0346. The molecule has 0 heterocycles. The Hall–Kier alpha value is -0.270. The summed E-state index contributed by atoms with van der Waals surface area (Å²) in [7, 11) is 1.55. The standard InChI is InChI=1S/C34H70NO6P/c1-8-9-10-11-12-13-14-15-16-17-18-19-20-21-22-23-24-25-26-27-29-38-31-33(41-34(2,3)4)32-40-42(36,37)39-30-28-35(5,6)7/h16-17,33H,8-15,18-32H2,1-7H3/b17-16-/t33-/m1/s1. The van der Waals surface area contributed by atoms with E-state index in [0.717, 1.165) is 12.8 Å². The molecule has 0 radical (unpaired) electrons. The Morgan fingerprint density at radius 1 is 0.690 bits per heavy atom. The molecule has 0 rings (SSSR count). The van der Waals surface area contributed by atoms with Crippen LogP contribution in [0.1, 0.15) is 143 Å². The van der Waals surface area contributed by atoms with Crippen LogP contribution in [0, 0.1) is 0 Å². The van der Waals surface area contributed by atoms with Crippen LogP contribution in [0.25, 0.3) is 0 Å². The molecule has 8 heteroatoms. The average molecular weight is 620 g/mol. The highest BCUT2D eigenvalue weighted by molar-refractivity contribution is 7.45. The first-order valence-electron chi connectivity index (χ1n) is 17.2. The van der Waals surface area contributed by atoms with Crippen molar-refractivity contribution in [3.63, 3.8) is 0 Å². The van der Waals surface area contributed by atoms with Crippen LogP contribution in [0.2, 0.25) is 0 Å². The lowest BCUT2D eigenvalue weighted by Gasteiger charge is -2.31. The van der Waals surface area contributed by atoms with Gasteiger partial charge < -0.3 is 27.9 Å². The molecule has 0 aliphatic heterocycles. The van der Waals surface area contributed by atoms with Gasteiger partial charge in [0.2, 0.25) is 0 Å². The van der Waals surface area contributed by atoms with Crippen molar-refractivity contribution in [3.05, 3.63) is 12.2 Å². The number of allylic oxidation sites excluding steroid dienone is 2. The van der Waals surface area contributed by atoms with Crippen molar-refractivity contribution in [2.24, 2.45) is 0 Å². The lowest BCUT2D eigenvalue weighted by atomic mass is 10.1. The van der Waals surface area contributed by atoms with Crippen LogP contribution in [-0.4, -0.2) is 70.3 Å². The van der Waals surface area contributed by atoms with Gasteiger partial charge in [-0.25, -0.2) is 0 Å². The van der Waals surface area contributed by atoms with Gasteiger partial charge in [0.25, 0.3) is 7.82 Å². The first-order valence-corrected chi connectivity index (χ1v) is 18.6. The molecule has 0 amide bonds. The summed E-state index contributed by atoms with van der Waals surface area (Å²) in [4.78, 5) is 12.1. The smallest absolute Gasteiger partial charge is 0.268 e. The van der Waals surface area contributed by atoms with E-state index in [1.54, 1.807) is 0 Å². The number of hydrogen-bond donors (Lipinski definition) is 0. The van der Waals surface area contributed by atoms with Gasteiger partial charge in [0.15, 0.2) is 0 Å². The van der Waals surface area contributed by atoms with Crippen molar-refractivity contribution in [1.82, 2.24) is 0 Å². The van der Waals surface area contributed by atoms with E-state index in [-0.39, 0.29) is 13.2 Å². The first kappa shape index (κ1) is 41.7. The zero-order valence-corrected chi connectivity index (χ0v) is 29.7. The number of rotatable bonds is 30. The summed E-state index contributed by atoms with van der Waals surface area (Å²) in [5.41, 5.74) is -0.432. The second kappa shape index (κ2) is 26.0. The van der Waals surface area contributed by atoms with Gasteiger partial charge in [-0.1, -0.05) is 103 Å². The number of nitrogens with zero attached hydrogens (tertiary/aromatic N) is 1. The third kappa shape index (κ3) is 32.6. The molecule has 7 nitrogen and oxygen atoms in total. The van der Waals surface area contributed by atoms with Crippen LogP contribution in [-0.2, 0) is 23.1 Å². The van der Waals surface area contributed by atoms with Crippen LogP contribution >= 0.6 is 7.82 Å². The molecule has 0 aromatic carbocycles. The summed E-state index contributed by atoms with van der Waals surface area (Å²) < 4.78 is 34.7. The minimum atomic E-state index is -4.38. The molecule has 0 aliphatic carbocycles. The van der Waals surface area contributed by atoms with Crippen LogP contribution in [0.3, 0.4) is 0 Å². The third-order valence-corrected chi connectivity index (χ3v) is 8.02. The summed E-state index contributed by atoms with van der Waals surface area (Å²) in [6.45, 7) is 9.56. The molecule has 0 aliphatic rings. The number of phosphoric ester groups is 1. The van der Waals surface area contributed by atoms with Crippen LogP contribution < -0.4 is 4.89 Å². The number of likely N-dealkylation sites (N-methyl/N-ethyl adjacent to an activating group) is 1. The Morgan fingerprint density at radius 3 is 1.64 bits per heavy atom. The second-order valence-electron chi connectivity index (χ2n) is 13.9. The lowest BCUT2D eigenvalue weighted by molar-refractivity contribution is -0.870. The van der Waals surface area contributed by atoms with Gasteiger partial charge in [-0.05, 0) is 52.9 Å². The van der Waals surface area contributed by atoms with Crippen molar-refractivity contribution in [3.8, 4) is 0 Å². The molecule has 0 fully saturated rings. The van der Waals surface area contributed by atoms with E-state index in [1.807, 2.05) is 41.9 Å². The Kier molecular flexibility index (Phi) is 25.8. The van der Waals surface area contributed by atoms with E-state index in [9.17, 15) is 9.46 Å². The molecule has 1 unspecified atom stereocenters. The van der Waals surface area contributed by atoms with Gasteiger partial charge in [-0.15, -0.1) is 0 Å². The molecule has 2 atom stereocenters. The van der Waals surface area contributed by atoms with Crippen molar-refractivity contribution in [2.45, 2.75) is 155 Å². The maximum absolute atomic E-state index is 12.1. The highest BCUT2D eigenvalue weighted by Gasteiger charge is 2.22. The van der Waals surface area contributed by atoms with E-state index in [4.69, 9.17) is 18.5 Å². The average Bonchev–Trinajstić information content (AvgIpc) is 2.88. The van der Waals surface area contributed by atoms with Crippen molar-refractivity contribution in [1.29, 1.82) is 0 Å². The fourth-order valence-electron chi connectivity index (χ4n) is 4.63. The molecule has 42 heavy (non-hydrogen) atoms. The van der Waals surface area contributed by atoms with E-state index in [1.165, 1.54) is 103 Å². The zero-order valence-electron chi connectivity index (χ0n) is 28.8. The predicted molar refractivity (Wildman–Crippen MR) is 176 cm³/mol. The molecule has 0 saturated heterocycles. The van der Waals surface area contributed by atoms with Gasteiger partial charge in [0.1, 0.15) is 19.3 Å². The second-order valence-corrected chi connectivity index (χ2v) is 15.3. The molecule has 0 aromatic heterocycles. The molecule has 0 N–H and O–H groups in total. The van der Waals surface area contributed by atoms with Crippen LogP contribution in [0.15, 0.2) is 12.2 Å². The Morgan fingerprint density at radius 2 is 1.17 bits per heavy atom. The van der Waals surface area contributed by atoms with Gasteiger partial charge in [-0.3, -0.25) is 4.57 Å². The Balaban J connectivity index is 3.75. The molecular weight excluding hydrogens is 549 g/mol. The first-order chi connectivity index (χ1) is 19.8. The number of quaternary nitrogens is 1. The number of ether oxygens (including phenoxy) is 2. The fourth-order valence-corrected chi connectivity index (χ4v) is 5.36. The molecule has 252 valence electrons. The SMILES string of the molecule is CCCCCCCCC/C=C\CCCCCCCCCCCOC[C@H](COP(=O)([O-])OCC[N+](C)(C)C)OC(C)(C)C. The summed E-state index contributed by atoms with van der Waals surface area (Å²) in [6, 6.07) is 0. The van der Waals surface area contributed by atoms with Crippen LogP contribution in [0.4, 0.5) is 0 Å². The number of hydrogen-bond acceptors (Lipinski definition) is 6. The Labute approximate surface area is 261 Å². The molecule has 0 bridgehead atoms. The van der Waals surface area contributed by atoms with E-state index in [0.29, 0.717) is 24.2 Å². The highest BCUT2D eigenvalue weighted by Crippen LogP contribution is 2.38. The summed E-state index contributed by atoms with van der Waals surface area (Å²) in [6.07, 6.45) is 27.9. The lowest BCUT2D eigenvalue weighted by Crippen LogP contribution is -2.38. The van der Waals surface area contributed by atoms with Gasteiger partial charge >= 0.3 is 0 Å². The maximum atomic E-state index is 12.1. The van der Waals surface area contributed by atoms with E-state index >= 15 is 0 Å². The van der Waals surface area contributed by atoms with Crippen LogP contribution in [0.5, 0.6) is 0 Å². The Bertz CT molecular complexity index is 674. The van der Waals surface area contributed by atoms with E-state index < -0.39 is 19.5 Å². The summed E-state index contributed by atoms with van der Waals surface area (Å²) in [5, 5.41) is 0. The number of phosphoric acid groups is 1.